The number of nitrogens with zero attached hydrogens (tertiary/aromatic N) is 1. The van der Waals surface area contributed by atoms with E-state index in [1.54, 1.807) is 12.3 Å². The molecule has 0 bridgehead atoms. The molecule has 0 aliphatic carbocycles. The first-order valence-electron chi connectivity index (χ1n) is 4.52. The van der Waals surface area contributed by atoms with Crippen molar-refractivity contribution in [3.63, 3.8) is 0 Å². The van der Waals surface area contributed by atoms with E-state index in [0.29, 0.717) is 0 Å². The summed E-state index contributed by atoms with van der Waals surface area (Å²) in [4.78, 5) is 4.06. The zero-order valence-electron chi connectivity index (χ0n) is 7.72. The first kappa shape index (κ1) is 8.91. The molecule has 0 fully saturated rings. The van der Waals surface area contributed by atoms with Gasteiger partial charge in [-0.2, -0.15) is 0 Å². The predicted octanol–water partition coefficient (Wildman–Crippen LogP) is 2.24. The monoisotopic (exact) mass is 185 g/mol. The minimum Gasteiger partial charge on any atom is -0.392 e. The van der Waals surface area contributed by atoms with E-state index in [1.807, 2.05) is 36.5 Å². The van der Waals surface area contributed by atoms with Crippen LogP contribution in [0.3, 0.4) is 0 Å². The van der Waals surface area contributed by atoms with Crippen molar-refractivity contribution >= 4 is 16.8 Å². The maximum atomic E-state index is 8.70. The number of pyridine rings is 1. The van der Waals surface area contributed by atoms with Crippen molar-refractivity contribution in [3.05, 3.63) is 48.3 Å². The maximum absolute atomic E-state index is 8.70. The highest BCUT2D eigenvalue weighted by atomic mass is 16.2. The molecular formula is C12H11NO. The van der Waals surface area contributed by atoms with Gasteiger partial charge in [0.15, 0.2) is 0 Å². The molecule has 1 N–H and O–H groups in total. The fourth-order valence-electron chi connectivity index (χ4n) is 1.47. The Balaban J connectivity index is 2.59. The molecule has 0 amide bonds. The fourth-order valence-corrected chi connectivity index (χ4v) is 1.47. The molecule has 0 saturated carbocycles. The summed E-state index contributed by atoms with van der Waals surface area (Å²) in [6.45, 7) is 0.0709. The summed E-state index contributed by atoms with van der Waals surface area (Å²) in [6.07, 6.45) is 7.27. The van der Waals surface area contributed by atoms with Crippen LogP contribution in [0.25, 0.3) is 16.8 Å². The molecule has 70 valence electrons. The first-order chi connectivity index (χ1) is 6.92. The van der Waals surface area contributed by atoms with Crippen LogP contribution in [-0.4, -0.2) is 16.7 Å². The smallest absolute Gasteiger partial charge is 0.0615 e. The van der Waals surface area contributed by atoms with Gasteiger partial charge in [0.2, 0.25) is 0 Å². The number of benzene rings is 1. The van der Waals surface area contributed by atoms with Gasteiger partial charge >= 0.3 is 0 Å². The second-order valence-corrected chi connectivity index (χ2v) is 3.03. The third-order valence-corrected chi connectivity index (χ3v) is 2.12. The highest BCUT2D eigenvalue weighted by molar-refractivity contribution is 5.89. The topological polar surface area (TPSA) is 33.1 Å². The lowest BCUT2D eigenvalue weighted by atomic mass is 10.1. The van der Waals surface area contributed by atoms with E-state index in [9.17, 15) is 0 Å². The summed E-state index contributed by atoms with van der Waals surface area (Å²) in [5.74, 6) is 0. The summed E-state index contributed by atoms with van der Waals surface area (Å²) in [7, 11) is 0. The van der Waals surface area contributed by atoms with Gasteiger partial charge in [0.05, 0.1) is 6.61 Å². The van der Waals surface area contributed by atoms with E-state index < -0.39 is 0 Å². The minimum absolute atomic E-state index is 0.0709. The van der Waals surface area contributed by atoms with Crippen molar-refractivity contribution in [3.8, 4) is 0 Å². The van der Waals surface area contributed by atoms with Crippen molar-refractivity contribution in [1.29, 1.82) is 0 Å². The Hall–Kier alpha value is -1.67. The van der Waals surface area contributed by atoms with Crippen LogP contribution in [0.5, 0.6) is 0 Å². The van der Waals surface area contributed by atoms with Crippen molar-refractivity contribution < 1.29 is 5.11 Å². The van der Waals surface area contributed by atoms with Crippen LogP contribution in [0, 0.1) is 0 Å². The number of aliphatic hydroxyl groups excluding tert-OH is 1. The second kappa shape index (κ2) is 4.03. The predicted molar refractivity (Wildman–Crippen MR) is 57.9 cm³/mol. The zero-order valence-corrected chi connectivity index (χ0v) is 7.72. The Morgan fingerprint density at radius 3 is 3.07 bits per heavy atom. The zero-order chi connectivity index (χ0) is 9.80. The third kappa shape index (κ3) is 1.65. The van der Waals surface area contributed by atoms with Crippen LogP contribution in [0.2, 0.25) is 0 Å². The largest absolute Gasteiger partial charge is 0.392 e. The molecule has 1 aromatic carbocycles. The number of aliphatic hydroxyl groups is 1. The molecular weight excluding hydrogens is 174 g/mol. The Morgan fingerprint density at radius 2 is 2.21 bits per heavy atom. The minimum atomic E-state index is 0.0709. The van der Waals surface area contributed by atoms with Crippen LogP contribution in [-0.2, 0) is 0 Å². The maximum Gasteiger partial charge on any atom is 0.0615 e. The van der Waals surface area contributed by atoms with E-state index in [-0.39, 0.29) is 6.61 Å². The summed E-state index contributed by atoms with van der Waals surface area (Å²) >= 11 is 0. The standard InChI is InChI=1S/C12H11NO/c14-8-2-5-10-3-1-4-11-9-13-7-6-12(10)11/h1-7,9,14H,8H2/b5-2+. The quantitative estimate of drug-likeness (QED) is 0.778. The van der Waals surface area contributed by atoms with Gasteiger partial charge in [0.1, 0.15) is 0 Å². The lowest BCUT2D eigenvalue weighted by Gasteiger charge is -2.00. The Bertz CT molecular complexity index is 457. The van der Waals surface area contributed by atoms with Crippen LogP contribution >= 0.6 is 0 Å². The first-order valence-corrected chi connectivity index (χ1v) is 4.52. The molecule has 0 radical (unpaired) electrons. The lowest BCUT2D eigenvalue weighted by Crippen LogP contribution is -1.80. The van der Waals surface area contributed by atoms with Gasteiger partial charge in [-0.15, -0.1) is 0 Å². The average Bonchev–Trinajstić information content (AvgIpc) is 2.26. The summed E-state index contributed by atoms with van der Waals surface area (Å²) < 4.78 is 0. The van der Waals surface area contributed by atoms with Gasteiger partial charge in [-0.05, 0) is 17.0 Å². The van der Waals surface area contributed by atoms with E-state index in [2.05, 4.69) is 4.98 Å². The van der Waals surface area contributed by atoms with Gasteiger partial charge in [0, 0.05) is 17.8 Å². The summed E-state index contributed by atoms with van der Waals surface area (Å²) in [5, 5.41) is 11.0. The van der Waals surface area contributed by atoms with Crippen molar-refractivity contribution in [1.82, 2.24) is 4.98 Å². The molecule has 0 aliphatic heterocycles. The lowest BCUT2D eigenvalue weighted by molar-refractivity contribution is 0.343. The molecule has 2 nitrogen and oxygen atoms in total. The van der Waals surface area contributed by atoms with E-state index in [1.165, 1.54) is 0 Å². The molecule has 1 aromatic heterocycles. The molecule has 0 saturated heterocycles. The molecule has 0 atom stereocenters. The van der Waals surface area contributed by atoms with Crippen LogP contribution in [0.1, 0.15) is 5.56 Å². The molecule has 0 unspecified atom stereocenters. The highest BCUT2D eigenvalue weighted by Gasteiger charge is 1.95. The van der Waals surface area contributed by atoms with Gasteiger partial charge in [0.25, 0.3) is 0 Å². The Kier molecular flexibility index (Phi) is 2.56. The molecule has 2 heteroatoms. The molecule has 2 aromatic rings. The molecule has 0 aliphatic rings. The Morgan fingerprint density at radius 1 is 1.29 bits per heavy atom. The van der Waals surface area contributed by atoms with Gasteiger partial charge < -0.3 is 5.11 Å². The van der Waals surface area contributed by atoms with Crippen molar-refractivity contribution in [2.75, 3.05) is 6.61 Å². The number of hydrogen-bond donors (Lipinski definition) is 1. The number of fused-ring (bicyclic) bond motifs is 1. The summed E-state index contributed by atoms with van der Waals surface area (Å²) in [6, 6.07) is 8.01. The van der Waals surface area contributed by atoms with E-state index in [0.717, 1.165) is 16.3 Å². The van der Waals surface area contributed by atoms with Crippen LogP contribution in [0.4, 0.5) is 0 Å². The van der Waals surface area contributed by atoms with Crippen LogP contribution in [0.15, 0.2) is 42.7 Å². The van der Waals surface area contributed by atoms with E-state index in [4.69, 9.17) is 5.11 Å². The van der Waals surface area contributed by atoms with Crippen molar-refractivity contribution in [2.24, 2.45) is 0 Å². The average molecular weight is 185 g/mol. The molecule has 0 spiro atoms. The number of aromatic nitrogens is 1. The third-order valence-electron chi connectivity index (χ3n) is 2.12. The normalized spacial score (nSPS) is 11.2. The van der Waals surface area contributed by atoms with Gasteiger partial charge in [-0.25, -0.2) is 0 Å². The highest BCUT2D eigenvalue weighted by Crippen LogP contribution is 2.18. The van der Waals surface area contributed by atoms with Crippen LogP contribution < -0.4 is 0 Å². The van der Waals surface area contributed by atoms with Gasteiger partial charge in [-0.1, -0.05) is 30.4 Å². The number of hydrogen-bond acceptors (Lipinski definition) is 2. The Labute approximate surface area is 82.5 Å². The summed E-state index contributed by atoms with van der Waals surface area (Å²) in [5.41, 5.74) is 1.11. The van der Waals surface area contributed by atoms with Crippen molar-refractivity contribution in [2.45, 2.75) is 0 Å². The fraction of sp³-hybridized carbons (Fsp3) is 0.0833. The second-order valence-electron chi connectivity index (χ2n) is 3.03. The number of rotatable bonds is 2. The molecule has 2 rings (SSSR count). The molecule has 1 heterocycles. The van der Waals surface area contributed by atoms with E-state index >= 15 is 0 Å². The van der Waals surface area contributed by atoms with Gasteiger partial charge in [-0.3, -0.25) is 4.98 Å². The SMILES string of the molecule is OC/C=C/c1cccc2cnccc12. The molecule has 14 heavy (non-hydrogen) atoms.